The minimum atomic E-state index is -0.373. The second-order valence-corrected chi connectivity index (χ2v) is 10.2. The van der Waals surface area contributed by atoms with Gasteiger partial charge in [-0.25, -0.2) is 0 Å². The van der Waals surface area contributed by atoms with Crippen molar-refractivity contribution in [2.75, 3.05) is 0 Å². The van der Waals surface area contributed by atoms with Crippen LogP contribution in [0.4, 0.5) is 0 Å². The van der Waals surface area contributed by atoms with Crippen LogP contribution in [0.3, 0.4) is 0 Å². The number of hydrogen-bond donors (Lipinski definition) is 2. The zero-order valence-corrected chi connectivity index (χ0v) is 20.3. The summed E-state index contributed by atoms with van der Waals surface area (Å²) in [6.45, 7) is 9.05. The molecule has 0 bridgehead atoms. The first-order chi connectivity index (χ1) is 14.8. The fourth-order valence-corrected chi connectivity index (χ4v) is 5.71. The molecule has 1 aromatic heterocycles. The number of nitrogens with zero attached hydrogens (tertiary/aromatic N) is 1. The van der Waals surface area contributed by atoms with Crippen LogP contribution in [0.1, 0.15) is 48.3 Å². The molecule has 2 heterocycles. The van der Waals surface area contributed by atoms with Gasteiger partial charge in [0.2, 0.25) is 5.24 Å². The zero-order chi connectivity index (χ0) is 22.5. The van der Waals surface area contributed by atoms with Crippen LogP contribution in [0.2, 0.25) is 0 Å². The number of nitrogens with one attached hydrogen (secondary N) is 1. The third-order valence-electron chi connectivity index (χ3n) is 5.66. The van der Waals surface area contributed by atoms with Crippen molar-refractivity contribution in [3.63, 3.8) is 0 Å². The molecule has 0 aliphatic carbocycles. The van der Waals surface area contributed by atoms with Gasteiger partial charge in [0, 0.05) is 28.9 Å². The van der Waals surface area contributed by atoms with Gasteiger partial charge >= 0.3 is 0 Å². The summed E-state index contributed by atoms with van der Waals surface area (Å²) in [6, 6.07) is 8.26. The molecule has 31 heavy (non-hydrogen) atoms. The Morgan fingerprint density at radius 2 is 1.97 bits per heavy atom. The van der Waals surface area contributed by atoms with Gasteiger partial charge in [0.25, 0.3) is 0 Å². The maximum absolute atomic E-state index is 11.9. The molecule has 4 nitrogen and oxygen atoms in total. The van der Waals surface area contributed by atoms with E-state index in [1.54, 1.807) is 11.8 Å². The topological polar surface area (TPSA) is 68.0 Å². The van der Waals surface area contributed by atoms with E-state index in [2.05, 4.69) is 63.4 Å². The third kappa shape index (κ3) is 5.71. The highest BCUT2D eigenvalue weighted by molar-refractivity contribution is 7.99. The predicted molar refractivity (Wildman–Crippen MR) is 132 cm³/mol. The van der Waals surface area contributed by atoms with Crippen molar-refractivity contribution in [1.82, 2.24) is 10.3 Å². The van der Waals surface area contributed by atoms with Crippen LogP contribution in [-0.2, 0) is 23.5 Å². The number of hydrogen-bond acceptors (Lipinski definition) is 5. The number of rotatable bonds is 8. The first-order valence-corrected chi connectivity index (χ1v) is 12.2. The number of nitrogens with two attached hydrogens (primary N) is 1. The number of carbonyl (C=O) groups is 1. The maximum atomic E-state index is 11.9. The van der Waals surface area contributed by atoms with Crippen molar-refractivity contribution >= 4 is 28.6 Å². The second-order valence-electron chi connectivity index (χ2n) is 8.58. The Morgan fingerprint density at radius 3 is 2.58 bits per heavy atom. The van der Waals surface area contributed by atoms with E-state index >= 15 is 0 Å². The van der Waals surface area contributed by atoms with Crippen LogP contribution in [0.15, 0.2) is 36.5 Å². The molecular formula is C25H32ClN3OS. The molecule has 2 atom stereocenters. The van der Waals surface area contributed by atoms with Crippen LogP contribution in [-0.4, -0.2) is 21.5 Å². The Morgan fingerprint density at radius 1 is 1.26 bits per heavy atom. The van der Waals surface area contributed by atoms with Gasteiger partial charge < -0.3 is 11.1 Å². The fraction of sp³-hybridized carbons (Fsp3) is 0.440. The number of aromatic nitrogens is 1. The highest BCUT2D eigenvalue weighted by atomic mass is 35.5. The van der Waals surface area contributed by atoms with E-state index in [9.17, 15) is 4.79 Å². The summed E-state index contributed by atoms with van der Waals surface area (Å²) in [6.07, 6.45) is 5.58. The number of halogens is 1. The minimum Gasteiger partial charge on any atom is -0.380 e. The summed E-state index contributed by atoms with van der Waals surface area (Å²) in [5.41, 5.74) is 14.3. The van der Waals surface area contributed by atoms with Gasteiger partial charge in [-0.3, -0.25) is 9.78 Å². The summed E-state index contributed by atoms with van der Waals surface area (Å²) in [5.74, 6) is 1.25. The van der Waals surface area contributed by atoms with Crippen LogP contribution < -0.4 is 11.1 Å². The van der Waals surface area contributed by atoms with E-state index in [0.717, 1.165) is 35.5 Å². The molecule has 2 unspecified atom stereocenters. The SMILES string of the molecule is Cc1ccc(-c2c(CSC3CC=CNC3C(=O)Cl)c(C)nc(CC(C)C)c2CN)cc1. The van der Waals surface area contributed by atoms with E-state index in [4.69, 9.17) is 22.3 Å². The number of aryl methyl sites for hydroxylation is 2. The van der Waals surface area contributed by atoms with Gasteiger partial charge in [0.15, 0.2) is 0 Å². The minimum absolute atomic E-state index is 0.0805. The Kier molecular flexibility index (Phi) is 8.20. The molecule has 3 N–H and O–H groups in total. The molecule has 166 valence electrons. The van der Waals surface area contributed by atoms with E-state index < -0.39 is 0 Å². The standard InChI is InChI=1S/C25H32ClN3OS/c1-15(2)12-21-19(13-27)23(18-9-7-16(3)8-10-18)20(17(4)29-21)14-31-22-6-5-11-28-24(22)25(26)30/h5,7-11,15,22,24,28H,6,12-14,27H2,1-4H3. The lowest BCUT2D eigenvalue weighted by Gasteiger charge is -2.27. The highest BCUT2D eigenvalue weighted by Crippen LogP contribution is 2.36. The van der Waals surface area contributed by atoms with Crippen molar-refractivity contribution in [2.24, 2.45) is 11.7 Å². The molecule has 6 heteroatoms. The number of thioether (sulfide) groups is 1. The van der Waals surface area contributed by atoms with Crippen LogP contribution in [0, 0.1) is 19.8 Å². The lowest BCUT2D eigenvalue weighted by Crippen LogP contribution is -2.42. The largest absolute Gasteiger partial charge is 0.380 e. The highest BCUT2D eigenvalue weighted by Gasteiger charge is 2.29. The molecule has 0 saturated carbocycles. The van der Waals surface area contributed by atoms with E-state index in [0.29, 0.717) is 12.5 Å². The van der Waals surface area contributed by atoms with Gasteiger partial charge in [0.05, 0.1) is 0 Å². The quantitative estimate of drug-likeness (QED) is 0.529. The molecule has 3 rings (SSSR count). The zero-order valence-electron chi connectivity index (χ0n) is 18.7. The molecule has 0 amide bonds. The van der Waals surface area contributed by atoms with Crippen LogP contribution >= 0.6 is 23.4 Å². The molecular weight excluding hydrogens is 426 g/mol. The molecule has 2 aromatic rings. The van der Waals surface area contributed by atoms with Gasteiger partial charge in [-0.05, 0) is 72.7 Å². The van der Waals surface area contributed by atoms with Crippen LogP contribution in [0.5, 0.6) is 0 Å². The molecule has 0 fully saturated rings. The number of allylic oxidation sites excluding steroid dienone is 1. The van der Waals surface area contributed by atoms with Crippen molar-refractivity contribution in [3.8, 4) is 11.1 Å². The smallest absolute Gasteiger partial charge is 0.245 e. The third-order valence-corrected chi connectivity index (χ3v) is 7.24. The second kappa shape index (κ2) is 10.7. The van der Waals surface area contributed by atoms with Crippen molar-refractivity contribution in [1.29, 1.82) is 0 Å². The first-order valence-electron chi connectivity index (χ1n) is 10.8. The summed E-state index contributed by atoms with van der Waals surface area (Å²) < 4.78 is 0. The van der Waals surface area contributed by atoms with Crippen LogP contribution in [0.25, 0.3) is 11.1 Å². The van der Waals surface area contributed by atoms with Gasteiger partial charge in [-0.15, -0.1) is 0 Å². The van der Waals surface area contributed by atoms with Crippen molar-refractivity contribution in [3.05, 3.63) is 64.6 Å². The molecule has 1 aliphatic heterocycles. The monoisotopic (exact) mass is 457 g/mol. The Bertz CT molecular complexity index is 956. The Balaban J connectivity index is 2.04. The Labute approximate surface area is 195 Å². The maximum Gasteiger partial charge on any atom is 0.245 e. The Hall–Kier alpha value is -1.82. The average molecular weight is 458 g/mol. The summed E-state index contributed by atoms with van der Waals surface area (Å²) in [5, 5.41) is 2.85. The van der Waals surface area contributed by atoms with Crippen molar-refractivity contribution < 1.29 is 4.79 Å². The van der Waals surface area contributed by atoms with Gasteiger partial charge in [-0.1, -0.05) is 49.8 Å². The van der Waals surface area contributed by atoms with Crippen molar-refractivity contribution in [2.45, 2.75) is 64.1 Å². The molecule has 1 aliphatic rings. The number of pyridine rings is 1. The fourth-order valence-electron chi connectivity index (χ4n) is 4.05. The summed E-state index contributed by atoms with van der Waals surface area (Å²) >= 11 is 7.60. The molecule has 0 saturated heterocycles. The average Bonchev–Trinajstić information content (AvgIpc) is 2.73. The first kappa shape index (κ1) is 23.8. The normalized spacial score (nSPS) is 18.3. The van der Waals surface area contributed by atoms with Gasteiger partial charge in [0.1, 0.15) is 6.04 Å². The van der Waals surface area contributed by atoms with E-state index in [-0.39, 0.29) is 16.5 Å². The van der Waals surface area contributed by atoms with Gasteiger partial charge in [-0.2, -0.15) is 11.8 Å². The number of carbonyl (C=O) groups excluding carboxylic acids is 1. The molecule has 0 spiro atoms. The predicted octanol–water partition coefficient (Wildman–Crippen LogP) is 5.27. The summed E-state index contributed by atoms with van der Waals surface area (Å²) in [7, 11) is 0. The van der Waals surface area contributed by atoms with E-state index in [1.807, 2.05) is 6.20 Å². The summed E-state index contributed by atoms with van der Waals surface area (Å²) in [4.78, 5) is 16.9. The lowest BCUT2D eigenvalue weighted by atomic mass is 9.90. The molecule has 1 aromatic carbocycles. The number of benzene rings is 1. The van der Waals surface area contributed by atoms with E-state index in [1.165, 1.54) is 22.3 Å². The lowest BCUT2D eigenvalue weighted by molar-refractivity contribution is -0.113. The molecule has 0 radical (unpaired) electrons.